The van der Waals surface area contributed by atoms with Gasteiger partial charge in [-0.15, -0.1) is 10.2 Å². The maximum absolute atomic E-state index is 12.5. The Morgan fingerprint density at radius 2 is 1.81 bits per heavy atom. The van der Waals surface area contributed by atoms with Crippen molar-refractivity contribution < 1.29 is 4.79 Å². The van der Waals surface area contributed by atoms with Crippen LogP contribution < -0.4 is 5.32 Å². The largest absolute Gasteiger partial charge is 0.329 e. The molecule has 1 N–H and O–H groups in total. The number of rotatable bonds is 8. The highest BCUT2D eigenvalue weighted by atomic mass is 32.2. The monoisotopic (exact) mass is 464 g/mol. The summed E-state index contributed by atoms with van der Waals surface area (Å²) in [7, 11) is 1.96. The summed E-state index contributed by atoms with van der Waals surface area (Å²) >= 11 is 2.93. The molecule has 0 spiro atoms. The Balaban J connectivity index is 1.33. The Hall–Kier alpha value is -3.04. The molecule has 164 valence electrons. The summed E-state index contributed by atoms with van der Waals surface area (Å²) in [6.07, 6.45) is 5.36. The van der Waals surface area contributed by atoms with Gasteiger partial charge in [-0.25, -0.2) is 4.98 Å². The molecule has 2 heterocycles. The average Bonchev–Trinajstić information content (AvgIpc) is 3.43. The lowest BCUT2D eigenvalue weighted by Gasteiger charge is -2.09. The zero-order chi connectivity index (χ0) is 22.5. The lowest BCUT2D eigenvalue weighted by molar-refractivity contribution is -0.113. The van der Waals surface area contributed by atoms with Gasteiger partial charge in [-0.3, -0.25) is 9.36 Å². The lowest BCUT2D eigenvalue weighted by Crippen LogP contribution is -2.14. The van der Waals surface area contributed by atoms with Crippen molar-refractivity contribution in [3.8, 4) is 5.69 Å². The summed E-state index contributed by atoms with van der Waals surface area (Å²) in [6, 6.07) is 16.0. The lowest BCUT2D eigenvalue weighted by atomic mass is 10.0. The molecule has 0 saturated carbocycles. The van der Waals surface area contributed by atoms with E-state index in [1.807, 2.05) is 58.8 Å². The van der Waals surface area contributed by atoms with Crippen LogP contribution in [0.1, 0.15) is 25.3 Å². The Labute approximate surface area is 195 Å². The van der Waals surface area contributed by atoms with Gasteiger partial charge < -0.3 is 9.88 Å². The number of thioether (sulfide) groups is 1. The molecule has 4 aromatic rings. The number of carbonyl (C=O) groups is 1. The van der Waals surface area contributed by atoms with Crippen LogP contribution in [0.15, 0.2) is 82.5 Å². The van der Waals surface area contributed by atoms with Crippen LogP contribution in [0.4, 0.5) is 5.69 Å². The van der Waals surface area contributed by atoms with Crippen LogP contribution in [0.3, 0.4) is 0 Å². The first-order chi connectivity index (χ1) is 15.5. The zero-order valence-electron chi connectivity index (χ0n) is 18.1. The van der Waals surface area contributed by atoms with Gasteiger partial charge in [-0.05, 0) is 47.9 Å². The van der Waals surface area contributed by atoms with E-state index in [1.54, 1.807) is 24.3 Å². The molecule has 1 amide bonds. The SMILES string of the molecule is CC(C)c1ccc(-n2cnnc2SCC(=O)Nc2ccc(Sc3nccn3C)cc2)cc1. The van der Waals surface area contributed by atoms with E-state index >= 15 is 0 Å². The number of aryl methyl sites for hydroxylation is 1. The molecule has 4 rings (SSSR count). The van der Waals surface area contributed by atoms with Crippen molar-refractivity contribution in [3.63, 3.8) is 0 Å². The molecule has 0 aliphatic rings. The topological polar surface area (TPSA) is 77.6 Å². The third kappa shape index (κ3) is 5.41. The fourth-order valence-corrected chi connectivity index (χ4v) is 4.54. The first kappa shape index (κ1) is 22.2. The van der Waals surface area contributed by atoms with Crippen LogP contribution in [-0.2, 0) is 11.8 Å². The molecule has 0 saturated heterocycles. The fourth-order valence-electron chi connectivity index (χ4n) is 3.01. The minimum Gasteiger partial charge on any atom is -0.329 e. The van der Waals surface area contributed by atoms with Crippen molar-refractivity contribution in [1.29, 1.82) is 0 Å². The summed E-state index contributed by atoms with van der Waals surface area (Å²) in [5.41, 5.74) is 3.01. The van der Waals surface area contributed by atoms with Crippen LogP contribution in [0.5, 0.6) is 0 Å². The third-order valence-corrected chi connectivity index (χ3v) is 6.84. The van der Waals surface area contributed by atoms with Crippen molar-refractivity contribution in [3.05, 3.63) is 72.8 Å². The van der Waals surface area contributed by atoms with Crippen LogP contribution in [0.2, 0.25) is 0 Å². The summed E-state index contributed by atoms with van der Waals surface area (Å²) in [5.74, 6) is 0.626. The molecular formula is C23H24N6OS2. The quantitative estimate of drug-likeness (QED) is 0.370. The highest BCUT2D eigenvalue weighted by Gasteiger charge is 2.11. The Bertz CT molecular complexity index is 1180. The molecule has 0 atom stereocenters. The standard InChI is InChI=1S/C23H24N6OS2/c1-16(2)17-4-8-19(9-5-17)29-15-25-27-23(29)31-14-21(30)26-18-6-10-20(11-7-18)32-22-24-12-13-28(22)3/h4-13,15-16H,14H2,1-3H3,(H,26,30). The van der Waals surface area contributed by atoms with E-state index in [4.69, 9.17) is 0 Å². The summed E-state index contributed by atoms with van der Waals surface area (Å²) < 4.78 is 3.86. The molecule has 0 bridgehead atoms. The van der Waals surface area contributed by atoms with E-state index < -0.39 is 0 Å². The van der Waals surface area contributed by atoms with Gasteiger partial charge >= 0.3 is 0 Å². The smallest absolute Gasteiger partial charge is 0.234 e. The van der Waals surface area contributed by atoms with Crippen LogP contribution in [0, 0.1) is 0 Å². The maximum atomic E-state index is 12.5. The summed E-state index contributed by atoms with van der Waals surface area (Å²) in [4.78, 5) is 17.8. The van der Waals surface area contributed by atoms with Crippen molar-refractivity contribution in [2.24, 2.45) is 7.05 Å². The summed E-state index contributed by atoms with van der Waals surface area (Å²) in [6.45, 7) is 4.33. The highest BCUT2D eigenvalue weighted by molar-refractivity contribution is 7.99. The van der Waals surface area contributed by atoms with E-state index in [-0.39, 0.29) is 11.7 Å². The number of nitrogens with one attached hydrogen (secondary N) is 1. The van der Waals surface area contributed by atoms with Crippen LogP contribution >= 0.6 is 23.5 Å². The van der Waals surface area contributed by atoms with E-state index in [2.05, 4.69) is 46.5 Å². The molecule has 2 aromatic carbocycles. The number of anilines is 1. The van der Waals surface area contributed by atoms with Gasteiger partial charge in [0.1, 0.15) is 6.33 Å². The van der Waals surface area contributed by atoms with Crippen molar-refractivity contribution in [2.75, 3.05) is 11.1 Å². The van der Waals surface area contributed by atoms with Gasteiger partial charge in [0.05, 0.1) is 5.75 Å². The molecule has 32 heavy (non-hydrogen) atoms. The molecule has 7 nitrogen and oxygen atoms in total. The molecule has 0 aliphatic heterocycles. The molecule has 2 aromatic heterocycles. The number of imidazole rings is 1. The van der Waals surface area contributed by atoms with E-state index in [9.17, 15) is 4.79 Å². The normalized spacial score (nSPS) is 11.1. The Kier molecular flexibility index (Phi) is 6.96. The van der Waals surface area contributed by atoms with Gasteiger partial charge in [0.15, 0.2) is 10.3 Å². The van der Waals surface area contributed by atoms with Crippen LogP contribution in [-0.4, -0.2) is 36.0 Å². The fraction of sp³-hybridized carbons (Fsp3) is 0.217. The Morgan fingerprint density at radius 3 is 2.47 bits per heavy atom. The number of nitrogens with zero attached hydrogens (tertiary/aromatic N) is 5. The maximum Gasteiger partial charge on any atom is 0.234 e. The zero-order valence-corrected chi connectivity index (χ0v) is 19.7. The Morgan fingerprint density at radius 1 is 1.06 bits per heavy atom. The third-order valence-electron chi connectivity index (χ3n) is 4.81. The van der Waals surface area contributed by atoms with Crippen LogP contribution in [0.25, 0.3) is 5.69 Å². The van der Waals surface area contributed by atoms with Gasteiger partial charge in [-0.2, -0.15) is 0 Å². The molecule has 9 heteroatoms. The number of carbonyl (C=O) groups excluding carboxylic acids is 1. The second-order valence-corrected chi connectivity index (χ2v) is 9.50. The van der Waals surface area contributed by atoms with Crippen molar-refractivity contribution in [2.45, 2.75) is 35.0 Å². The number of hydrogen-bond donors (Lipinski definition) is 1. The van der Waals surface area contributed by atoms with Gasteiger partial charge in [-0.1, -0.05) is 49.5 Å². The molecule has 0 aliphatic carbocycles. The van der Waals surface area contributed by atoms with E-state index in [0.717, 1.165) is 21.4 Å². The predicted molar refractivity (Wildman–Crippen MR) is 129 cm³/mol. The van der Waals surface area contributed by atoms with Gasteiger partial charge in [0.25, 0.3) is 0 Å². The molecule has 0 unspecified atom stereocenters. The summed E-state index contributed by atoms with van der Waals surface area (Å²) in [5, 5.41) is 12.7. The second kappa shape index (κ2) is 10.1. The first-order valence-corrected chi connectivity index (χ1v) is 12.0. The average molecular weight is 465 g/mol. The second-order valence-electron chi connectivity index (χ2n) is 7.51. The van der Waals surface area contributed by atoms with Gasteiger partial charge in [0.2, 0.25) is 5.91 Å². The first-order valence-electron chi connectivity index (χ1n) is 10.2. The minimum absolute atomic E-state index is 0.0933. The number of aromatic nitrogens is 5. The predicted octanol–water partition coefficient (Wildman–Crippen LogP) is 5.01. The van der Waals surface area contributed by atoms with E-state index in [1.165, 1.54) is 17.3 Å². The molecular weight excluding hydrogens is 440 g/mol. The van der Waals surface area contributed by atoms with Crippen molar-refractivity contribution in [1.82, 2.24) is 24.3 Å². The number of benzene rings is 2. The molecule has 0 fully saturated rings. The number of amides is 1. The van der Waals surface area contributed by atoms with Crippen molar-refractivity contribution >= 4 is 35.1 Å². The van der Waals surface area contributed by atoms with Gasteiger partial charge in [0, 0.05) is 35.7 Å². The number of hydrogen-bond acceptors (Lipinski definition) is 6. The molecule has 0 radical (unpaired) electrons. The van der Waals surface area contributed by atoms with E-state index in [0.29, 0.717) is 11.1 Å². The highest BCUT2D eigenvalue weighted by Crippen LogP contribution is 2.27. The minimum atomic E-state index is -0.0933.